The van der Waals surface area contributed by atoms with E-state index >= 15 is 0 Å². The number of hydrogen-bond donors (Lipinski definition) is 2. The first-order valence-electron chi connectivity index (χ1n) is 6.42. The molecule has 3 N–H and O–H groups in total. The van der Waals surface area contributed by atoms with Gasteiger partial charge >= 0.3 is 0 Å². The number of anilines is 1. The van der Waals surface area contributed by atoms with E-state index in [1.807, 2.05) is 19.1 Å². The number of para-hydroxylation sites is 1. The normalized spacial score (nSPS) is 11.3. The van der Waals surface area contributed by atoms with E-state index in [1.54, 1.807) is 31.4 Å². The first kappa shape index (κ1) is 15.3. The van der Waals surface area contributed by atoms with Crippen molar-refractivity contribution in [2.24, 2.45) is 0 Å². The molecule has 0 heterocycles. The average Bonchev–Trinajstić information content (AvgIpc) is 2.45. The van der Waals surface area contributed by atoms with Crippen LogP contribution in [0.3, 0.4) is 0 Å². The molecule has 0 aliphatic carbocycles. The average molecular weight is 306 g/mol. The van der Waals surface area contributed by atoms with Gasteiger partial charge in [-0.1, -0.05) is 24.3 Å². The third kappa shape index (κ3) is 3.53. The molecule has 2 rings (SSSR count). The second-order valence-corrected chi connectivity index (χ2v) is 6.41. The molecule has 0 aliphatic rings. The molecule has 112 valence electrons. The van der Waals surface area contributed by atoms with E-state index in [0.29, 0.717) is 5.75 Å². The summed E-state index contributed by atoms with van der Waals surface area (Å²) >= 11 is 0. The summed E-state index contributed by atoms with van der Waals surface area (Å²) in [5.74, 6) is 0.636. The molecule has 0 saturated carbocycles. The van der Waals surface area contributed by atoms with Crippen molar-refractivity contribution in [2.75, 3.05) is 12.8 Å². The number of nitrogen functional groups attached to an aromatic ring is 1. The SMILES string of the molecule is COc1ccccc1CNS(=O)(=O)c1ccc(C)cc1N. The number of benzene rings is 2. The molecule has 0 amide bonds. The summed E-state index contributed by atoms with van der Waals surface area (Å²) in [6, 6.07) is 12.1. The molecule has 0 aliphatic heterocycles. The topological polar surface area (TPSA) is 81.4 Å². The molecule has 0 unspecified atom stereocenters. The largest absolute Gasteiger partial charge is 0.496 e. The Morgan fingerprint density at radius 2 is 1.90 bits per heavy atom. The summed E-state index contributed by atoms with van der Waals surface area (Å²) < 4.78 is 32.3. The lowest BCUT2D eigenvalue weighted by atomic mass is 10.2. The molecular weight excluding hydrogens is 288 g/mol. The fourth-order valence-corrected chi connectivity index (χ4v) is 3.13. The number of hydrogen-bond acceptors (Lipinski definition) is 4. The van der Waals surface area contributed by atoms with Crippen LogP contribution in [-0.2, 0) is 16.6 Å². The molecule has 0 radical (unpaired) electrons. The Kier molecular flexibility index (Phi) is 4.50. The van der Waals surface area contributed by atoms with Crippen LogP contribution < -0.4 is 15.2 Å². The van der Waals surface area contributed by atoms with Crippen molar-refractivity contribution in [3.05, 3.63) is 53.6 Å². The molecule has 0 saturated heterocycles. The molecule has 5 nitrogen and oxygen atoms in total. The summed E-state index contributed by atoms with van der Waals surface area (Å²) in [4.78, 5) is 0.0861. The van der Waals surface area contributed by atoms with Crippen LogP contribution in [-0.4, -0.2) is 15.5 Å². The maximum atomic E-state index is 12.3. The highest BCUT2D eigenvalue weighted by molar-refractivity contribution is 7.89. The Morgan fingerprint density at radius 1 is 1.19 bits per heavy atom. The summed E-state index contributed by atoms with van der Waals surface area (Å²) in [7, 11) is -2.11. The minimum absolute atomic E-state index is 0.0861. The van der Waals surface area contributed by atoms with Crippen molar-refractivity contribution in [3.63, 3.8) is 0 Å². The Morgan fingerprint density at radius 3 is 2.57 bits per heavy atom. The van der Waals surface area contributed by atoms with Crippen LogP contribution in [0.1, 0.15) is 11.1 Å². The van der Waals surface area contributed by atoms with Gasteiger partial charge in [0.1, 0.15) is 10.6 Å². The van der Waals surface area contributed by atoms with Crippen molar-refractivity contribution < 1.29 is 13.2 Å². The van der Waals surface area contributed by atoms with Crippen LogP contribution in [0, 0.1) is 6.92 Å². The van der Waals surface area contributed by atoms with E-state index < -0.39 is 10.0 Å². The molecular formula is C15H18N2O3S. The summed E-state index contributed by atoms with van der Waals surface area (Å²) in [6.45, 7) is 1.99. The lowest BCUT2D eigenvalue weighted by Crippen LogP contribution is -2.24. The number of nitrogens with one attached hydrogen (secondary N) is 1. The summed E-state index contributed by atoms with van der Waals surface area (Å²) in [6.07, 6.45) is 0. The fraction of sp³-hybridized carbons (Fsp3) is 0.200. The van der Waals surface area contributed by atoms with E-state index in [0.717, 1.165) is 11.1 Å². The van der Waals surface area contributed by atoms with E-state index in [2.05, 4.69) is 4.72 Å². The molecule has 0 atom stereocenters. The van der Waals surface area contributed by atoms with Gasteiger partial charge in [-0.15, -0.1) is 0 Å². The number of nitrogens with two attached hydrogens (primary N) is 1. The number of sulfonamides is 1. The van der Waals surface area contributed by atoms with Gasteiger partial charge in [0.2, 0.25) is 10.0 Å². The van der Waals surface area contributed by atoms with Crippen molar-refractivity contribution in [1.82, 2.24) is 4.72 Å². The van der Waals surface area contributed by atoms with Gasteiger partial charge < -0.3 is 10.5 Å². The molecule has 2 aromatic rings. The van der Waals surface area contributed by atoms with E-state index in [1.165, 1.54) is 6.07 Å². The van der Waals surface area contributed by atoms with Gasteiger partial charge in [0.05, 0.1) is 12.8 Å². The maximum Gasteiger partial charge on any atom is 0.242 e. The zero-order valence-electron chi connectivity index (χ0n) is 12.0. The fourth-order valence-electron chi connectivity index (χ4n) is 2.01. The van der Waals surface area contributed by atoms with Gasteiger partial charge in [0.25, 0.3) is 0 Å². The smallest absolute Gasteiger partial charge is 0.242 e. The third-order valence-corrected chi connectivity index (χ3v) is 4.58. The van der Waals surface area contributed by atoms with Gasteiger partial charge in [-0.25, -0.2) is 13.1 Å². The van der Waals surface area contributed by atoms with E-state index in [9.17, 15) is 8.42 Å². The minimum atomic E-state index is -3.66. The zero-order valence-corrected chi connectivity index (χ0v) is 12.8. The second kappa shape index (κ2) is 6.15. The van der Waals surface area contributed by atoms with Gasteiger partial charge in [-0.3, -0.25) is 0 Å². The predicted octanol–water partition coefficient (Wildman–Crippen LogP) is 2.06. The van der Waals surface area contributed by atoms with Gasteiger partial charge in [-0.2, -0.15) is 0 Å². The lowest BCUT2D eigenvalue weighted by Gasteiger charge is -2.11. The molecule has 21 heavy (non-hydrogen) atoms. The van der Waals surface area contributed by atoms with Crippen LogP contribution in [0.25, 0.3) is 0 Å². The molecule has 2 aromatic carbocycles. The molecule has 0 aromatic heterocycles. The van der Waals surface area contributed by atoms with Gasteiger partial charge in [0.15, 0.2) is 0 Å². The number of methoxy groups -OCH3 is 1. The van der Waals surface area contributed by atoms with Crippen LogP contribution in [0.15, 0.2) is 47.4 Å². The molecule has 0 bridgehead atoms. The third-order valence-electron chi connectivity index (χ3n) is 3.10. The van der Waals surface area contributed by atoms with Gasteiger partial charge in [0, 0.05) is 12.1 Å². The standard InChI is InChI=1S/C15H18N2O3S/c1-11-7-8-15(13(16)9-11)21(18,19)17-10-12-5-3-4-6-14(12)20-2/h3-9,17H,10,16H2,1-2H3. The van der Waals surface area contributed by atoms with Crippen LogP contribution in [0.4, 0.5) is 5.69 Å². The quantitative estimate of drug-likeness (QED) is 0.829. The van der Waals surface area contributed by atoms with Crippen molar-refractivity contribution in [2.45, 2.75) is 18.4 Å². The number of ether oxygens (including phenoxy) is 1. The van der Waals surface area contributed by atoms with Crippen molar-refractivity contribution in [1.29, 1.82) is 0 Å². The molecule has 0 fully saturated rings. The zero-order chi connectivity index (χ0) is 15.5. The maximum absolute atomic E-state index is 12.3. The Balaban J connectivity index is 2.22. The van der Waals surface area contributed by atoms with E-state index in [-0.39, 0.29) is 17.1 Å². The second-order valence-electron chi connectivity index (χ2n) is 4.68. The van der Waals surface area contributed by atoms with Crippen molar-refractivity contribution >= 4 is 15.7 Å². The van der Waals surface area contributed by atoms with Gasteiger partial charge in [-0.05, 0) is 30.7 Å². The van der Waals surface area contributed by atoms with E-state index in [4.69, 9.17) is 10.5 Å². The highest BCUT2D eigenvalue weighted by atomic mass is 32.2. The first-order valence-corrected chi connectivity index (χ1v) is 7.90. The summed E-state index contributed by atoms with van der Waals surface area (Å²) in [5, 5.41) is 0. The Bertz CT molecular complexity index is 742. The predicted molar refractivity (Wildman–Crippen MR) is 82.6 cm³/mol. The highest BCUT2D eigenvalue weighted by Gasteiger charge is 2.17. The van der Waals surface area contributed by atoms with Crippen molar-refractivity contribution in [3.8, 4) is 5.75 Å². The Hall–Kier alpha value is -2.05. The van der Waals surface area contributed by atoms with Crippen LogP contribution in [0.2, 0.25) is 0 Å². The summed E-state index contributed by atoms with van der Waals surface area (Å²) in [5.41, 5.74) is 7.70. The lowest BCUT2D eigenvalue weighted by molar-refractivity contribution is 0.409. The number of rotatable bonds is 5. The van der Waals surface area contributed by atoms with Crippen LogP contribution >= 0.6 is 0 Å². The monoisotopic (exact) mass is 306 g/mol. The molecule has 0 spiro atoms. The van der Waals surface area contributed by atoms with Crippen LogP contribution in [0.5, 0.6) is 5.75 Å². The number of aryl methyl sites for hydroxylation is 1. The minimum Gasteiger partial charge on any atom is -0.496 e. The first-order chi connectivity index (χ1) is 9.94. The Labute approximate surface area is 124 Å². The highest BCUT2D eigenvalue weighted by Crippen LogP contribution is 2.21. The molecule has 6 heteroatoms.